The Kier molecular flexibility index (Phi) is 3.06. The smallest absolute Gasteiger partial charge is 0.333 e. The molecule has 1 saturated heterocycles. The van der Waals surface area contributed by atoms with E-state index in [1.165, 1.54) is 0 Å². The number of carbonyl (C=O) groups is 2. The molecule has 1 rings (SSSR count). The fraction of sp³-hybridized carbons (Fsp3) is 0.556. The summed E-state index contributed by atoms with van der Waals surface area (Å²) in [6.45, 7) is 5.35. The highest BCUT2D eigenvalue weighted by Gasteiger charge is 2.23. The largest absolute Gasteiger partial charge is 0.465 e. The number of esters is 2. The van der Waals surface area contributed by atoms with E-state index in [0.29, 0.717) is 18.6 Å². The maximum atomic E-state index is 11.0. The van der Waals surface area contributed by atoms with Crippen molar-refractivity contribution in [3.05, 3.63) is 12.2 Å². The quantitative estimate of drug-likeness (QED) is 0.470. The lowest BCUT2D eigenvalue weighted by atomic mass is 10.1. The summed E-state index contributed by atoms with van der Waals surface area (Å²) in [7, 11) is 0. The number of ether oxygens (including phenoxy) is 2. The Labute approximate surface area is 76.5 Å². The summed E-state index contributed by atoms with van der Waals surface area (Å²) in [6.07, 6.45) is 0.384. The van der Waals surface area contributed by atoms with Crippen molar-refractivity contribution in [1.82, 2.24) is 0 Å². The lowest BCUT2D eigenvalue weighted by molar-refractivity contribution is -0.160. The van der Waals surface area contributed by atoms with Crippen LogP contribution in [0.2, 0.25) is 0 Å². The van der Waals surface area contributed by atoms with Crippen molar-refractivity contribution in [2.45, 2.75) is 25.9 Å². The minimum atomic E-state index is -0.445. The molecule has 1 aliphatic heterocycles. The van der Waals surface area contributed by atoms with Crippen molar-refractivity contribution < 1.29 is 19.1 Å². The zero-order valence-electron chi connectivity index (χ0n) is 7.54. The van der Waals surface area contributed by atoms with Gasteiger partial charge in [0.2, 0.25) is 0 Å². The first-order valence-electron chi connectivity index (χ1n) is 4.11. The lowest BCUT2D eigenvalue weighted by Crippen LogP contribution is -2.29. The average Bonchev–Trinajstić information content (AvgIpc) is 2.04. The summed E-state index contributed by atoms with van der Waals surface area (Å²) in [5, 5.41) is 0. The van der Waals surface area contributed by atoms with Crippen LogP contribution in [-0.4, -0.2) is 24.6 Å². The van der Waals surface area contributed by atoms with Gasteiger partial charge in [-0.25, -0.2) is 4.79 Å². The van der Waals surface area contributed by atoms with Gasteiger partial charge in [-0.3, -0.25) is 4.79 Å². The van der Waals surface area contributed by atoms with Crippen LogP contribution in [0.3, 0.4) is 0 Å². The van der Waals surface area contributed by atoms with Crippen molar-refractivity contribution in [2.75, 3.05) is 6.61 Å². The van der Waals surface area contributed by atoms with Crippen molar-refractivity contribution in [2.24, 2.45) is 0 Å². The highest BCUT2D eigenvalue weighted by Crippen LogP contribution is 2.13. The van der Waals surface area contributed by atoms with Gasteiger partial charge in [-0.2, -0.15) is 0 Å². The molecule has 1 fully saturated rings. The lowest BCUT2D eigenvalue weighted by Gasteiger charge is -2.21. The van der Waals surface area contributed by atoms with Gasteiger partial charge >= 0.3 is 11.9 Å². The molecule has 1 unspecified atom stereocenters. The highest BCUT2D eigenvalue weighted by atomic mass is 16.6. The molecule has 72 valence electrons. The van der Waals surface area contributed by atoms with E-state index in [4.69, 9.17) is 9.47 Å². The van der Waals surface area contributed by atoms with E-state index < -0.39 is 5.97 Å². The number of cyclic esters (lactones) is 1. The Morgan fingerprint density at radius 2 is 2.38 bits per heavy atom. The molecule has 1 atom stereocenters. The third-order valence-electron chi connectivity index (χ3n) is 1.72. The molecule has 0 aromatic carbocycles. The van der Waals surface area contributed by atoms with E-state index >= 15 is 0 Å². The normalized spacial score (nSPS) is 21.9. The first-order valence-corrected chi connectivity index (χ1v) is 4.11. The van der Waals surface area contributed by atoms with Gasteiger partial charge in [0.05, 0.1) is 13.0 Å². The topological polar surface area (TPSA) is 52.6 Å². The Balaban J connectivity index is 2.40. The third kappa shape index (κ3) is 2.89. The van der Waals surface area contributed by atoms with E-state index in [-0.39, 0.29) is 18.5 Å². The summed E-state index contributed by atoms with van der Waals surface area (Å²) >= 11 is 0. The second-order valence-corrected chi connectivity index (χ2v) is 3.02. The van der Waals surface area contributed by atoms with Gasteiger partial charge in [0, 0.05) is 12.0 Å². The van der Waals surface area contributed by atoms with Gasteiger partial charge in [0.15, 0.2) is 0 Å². The minimum Gasteiger partial charge on any atom is -0.465 e. The van der Waals surface area contributed by atoms with Crippen LogP contribution in [0.5, 0.6) is 0 Å². The molecule has 0 aliphatic carbocycles. The van der Waals surface area contributed by atoms with Crippen molar-refractivity contribution in [3.63, 3.8) is 0 Å². The summed E-state index contributed by atoms with van der Waals surface area (Å²) < 4.78 is 9.68. The van der Waals surface area contributed by atoms with Crippen LogP contribution in [0.15, 0.2) is 12.2 Å². The van der Waals surface area contributed by atoms with Gasteiger partial charge in [0.1, 0.15) is 6.10 Å². The van der Waals surface area contributed by atoms with E-state index in [9.17, 15) is 9.59 Å². The molecule has 0 N–H and O–H groups in total. The van der Waals surface area contributed by atoms with Crippen LogP contribution < -0.4 is 0 Å². The van der Waals surface area contributed by atoms with E-state index in [2.05, 4.69) is 6.58 Å². The van der Waals surface area contributed by atoms with Crippen LogP contribution in [0, 0.1) is 0 Å². The molecule has 4 nitrogen and oxygen atoms in total. The molecule has 0 radical (unpaired) electrons. The van der Waals surface area contributed by atoms with Gasteiger partial charge in [0.25, 0.3) is 0 Å². The van der Waals surface area contributed by atoms with Crippen LogP contribution in [-0.2, 0) is 19.1 Å². The summed E-state index contributed by atoms with van der Waals surface area (Å²) in [6, 6.07) is 0. The Bertz CT molecular complexity index is 244. The summed E-state index contributed by atoms with van der Waals surface area (Å²) in [4.78, 5) is 21.8. The van der Waals surface area contributed by atoms with Crippen molar-refractivity contribution >= 4 is 11.9 Å². The van der Waals surface area contributed by atoms with Crippen molar-refractivity contribution in [3.8, 4) is 0 Å². The van der Waals surface area contributed by atoms with Crippen LogP contribution in [0.4, 0.5) is 0 Å². The number of hydrogen-bond acceptors (Lipinski definition) is 4. The van der Waals surface area contributed by atoms with Gasteiger partial charge in [-0.1, -0.05) is 6.58 Å². The zero-order chi connectivity index (χ0) is 9.84. The maximum Gasteiger partial charge on any atom is 0.333 e. The second kappa shape index (κ2) is 4.07. The van der Waals surface area contributed by atoms with Gasteiger partial charge in [-0.05, 0) is 6.92 Å². The molecule has 0 bridgehead atoms. The zero-order valence-corrected chi connectivity index (χ0v) is 7.54. The monoisotopic (exact) mass is 184 g/mol. The molecule has 4 heteroatoms. The highest BCUT2D eigenvalue weighted by molar-refractivity contribution is 5.87. The summed E-state index contributed by atoms with van der Waals surface area (Å²) in [5.74, 6) is -0.759. The number of hydrogen-bond donors (Lipinski definition) is 0. The van der Waals surface area contributed by atoms with Gasteiger partial charge in [-0.15, -0.1) is 0 Å². The first-order chi connectivity index (χ1) is 6.09. The molecule has 0 saturated carbocycles. The number of carbonyl (C=O) groups excluding carboxylic acids is 2. The molecule has 0 amide bonds. The third-order valence-corrected chi connectivity index (χ3v) is 1.72. The van der Waals surface area contributed by atoms with E-state index in [0.717, 1.165) is 0 Å². The van der Waals surface area contributed by atoms with Gasteiger partial charge < -0.3 is 9.47 Å². The van der Waals surface area contributed by atoms with E-state index in [1.54, 1.807) is 6.92 Å². The van der Waals surface area contributed by atoms with Crippen LogP contribution in [0.25, 0.3) is 0 Å². The molecular formula is C9H12O4. The van der Waals surface area contributed by atoms with Crippen LogP contribution >= 0.6 is 0 Å². The van der Waals surface area contributed by atoms with Crippen LogP contribution in [0.1, 0.15) is 19.8 Å². The fourth-order valence-corrected chi connectivity index (χ4v) is 1.00. The van der Waals surface area contributed by atoms with Crippen molar-refractivity contribution in [1.29, 1.82) is 0 Å². The summed E-state index contributed by atoms with van der Waals surface area (Å²) in [5.41, 5.74) is 0.346. The average molecular weight is 184 g/mol. The predicted molar refractivity (Wildman–Crippen MR) is 44.9 cm³/mol. The standard InChI is InChI=1S/C9H12O4/c1-6(2)9(11)13-7-3-4-12-8(10)5-7/h7H,1,3-5H2,2H3. The molecule has 1 aliphatic rings. The minimum absolute atomic E-state index is 0.152. The second-order valence-electron chi connectivity index (χ2n) is 3.02. The number of rotatable bonds is 2. The molecular weight excluding hydrogens is 172 g/mol. The predicted octanol–water partition coefficient (Wildman–Crippen LogP) is 0.811. The molecule has 0 spiro atoms. The SMILES string of the molecule is C=C(C)C(=O)OC1CCOC(=O)C1. The Morgan fingerprint density at radius 3 is 2.92 bits per heavy atom. The Morgan fingerprint density at radius 1 is 1.69 bits per heavy atom. The molecule has 13 heavy (non-hydrogen) atoms. The molecule has 1 heterocycles. The fourth-order valence-electron chi connectivity index (χ4n) is 1.00. The molecule has 0 aromatic rings. The molecule has 0 aromatic heterocycles. The Hall–Kier alpha value is -1.32. The van der Waals surface area contributed by atoms with E-state index in [1.807, 2.05) is 0 Å². The maximum absolute atomic E-state index is 11.0. The first kappa shape index (κ1) is 9.77.